The summed E-state index contributed by atoms with van der Waals surface area (Å²) in [5.41, 5.74) is 9.10. The highest BCUT2D eigenvalue weighted by Crippen LogP contribution is 2.26. The highest BCUT2D eigenvalue weighted by Gasteiger charge is 2.37. The summed E-state index contributed by atoms with van der Waals surface area (Å²) in [5.74, 6) is -0.260. The molecule has 4 atom stereocenters. The molecule has 1 fully saturated rings. The molecule has 4 N–H and O–H groups in total. The molecular formula is C31H40ClN5O4. The van der Waals surface area contributed by atoms with Crippen LogP contribution in [0.2, 0.25) is 5.02 Å². The maximum Gasteiger partial charge on any atom is 0.246 e. The Morgan fingerprint density at radius 2 is 1.66 bits per heavy atom. The largest absolute Gasteiger partial charge is 0.342 e. The van der Waals surface area contributed by atoms with Gasteiger partial charge in [-0.1, -0.05) is 49.7 Å². The fourth-order valence-electron chi connectivity index (χ4n) is 5.52. The minimum absolute atomic E-state index is 0.0205. The summed E-state index contributed by atoms with van der Waals surface area (Å²) in [6, 6.07) is 11.1. The first kappa shape index (κ1) is 30.5. The summed E-state index contributed by atoms with van der Waals surface area (Å²) in [6.45, 7) is 7.95. The first-order valence-corrected chi connectivity index (χ1v) is 14.7. The number of benzene rings is 2. The predicted octanol–water partition coefficient (Wildman–Crippen LogP) is 3.27. The van der Waals surface area contributed by atoms with Crippen molar-refractivity contribution in [3.8, 4) is 0 Å². The quantitative estimate of drug-likeness (QED) is 0.419. The molecule has 220 valence electrons. The Hall–Kier alpha value is -3.43. The molecule has 2 unspecified atom stereocenters. The number of fused-ring (bicyclic) bond motifs is 1. The van der Waals surface area contributed by atoms with E-state index in [1.165, 1.54) is 0 Å². The SMILES string of the molecule is Cc1cc(NC(=O)[C@H](CCN)NC(=O)[C@@H]2Cc3ccccc3CN2C(=O)CCC(=O)N2CC(C)C(C)C2)ccc1Cl. The summed E-state index contributed by atoms with van der Waals surface area (Å²) in [7, 11) is 0. The number of nitrogens with one attached hydrogen (secondary N) is 2. The van der Waals surface area contributed by atoms with Crippen molar-refractivity contribution in [1.82, 2.24) is 15.1 Å². The average Bonchev–Trinajstić information content (AvgIpc) is 3.30. The molecule has 0 bridgehead atoms. The summed E-state index contributed by atoms with van der Waals surface area (Å²) in [6.07, 6.45) is 0.662. The molecule has 0 aliphatic carbocycles. The van der Waals surface area contributed by atoms with Crippen LogP contribution in [0.5, 0.6) is 0 Å². The molecular weight excluding hydrogens is 542 g/mol. The van der Waals surface area contributed by atoms with Gasteiger partial charge in [0, 0.05) is 49.6 Å². The van der Waals surface area contributed by atoms with Gasteiger partial charge in [-0.2, -0.15) is 0 Å². The van der Waals surface area contributed by atoms with E-state index in [0.717, 1.165) is 16.7 Å². The molecule has 2 aromatic carbocycles. The van der Waals surface area contributed by atoms with Crippen molar-refractivity contribution in [2.24, 2.45) is 17.6 Å². The first-order chi connectivity index (χ1) is 19.6. The van der Waals surface area contributed by atoms with Crippen LogP contribution in [0.4, 0.5) is 5.69 Å². The summed E-state index contributed by atoms with van der Waals surface area (Å²) < 4.78 is 0. The Bertz CT molecular complexity index is 1290. The second-order valence-corrected chi connectivity index (χ2v) is 11.8. The van der Waals surface area contributed by atoms with E-state index in [1.54, 1.807) is 23.1 Å². The maximum atomic E-state index is 13.7. The number of halogens is 1. The van der Waals surface area contributed by atoms with E-state index >= 15 is 0 Å². The van der Waals surface area contributed by atoms with Crippen molar-refractivity contribution >= 4 is 40.9 Å². The number of carbonyl (C=O) groups is 4. The van der Waals surface area contributed by atoms with Gasteiger partial charge in [-0.15, -0.1) is 0 Å². The number of rotatable bonds is 9. The van der Waals surface area contributed by atoms with Crippen LogP contribution in [0, 0.1) is 18.8 Å². The molecule has 2 aromatic rings. The monoisotopic (exact) mass is 581 g/mol. The van der Waals surface area contributed by atoms with Gasteiger partial charge in [0.25, 0.3) is 0 Å². The van der Waals surface area contributed by atoms with E-state index in [-0.39, 0.29) is 44.2 Å². The third-order valence-electron chi connectivity index (χ3n) is 8.28. The van der Waals surface area contributed by atoms with E-state index in [9.17, 15) is 19.2 Å². The van der Waals surface area contributed by atoms with Crippen molar-refractivity contribution in [2.75, 3.05) is 25.0 Å². The molecule has 4 amide bonds. The number of anilines is 1. The van der Waals surface area contributed by atoms with E-state index in [0.29, 0.717) is 42.1 Å². The van der Waals surface area contributed by atoms with Crippen molar-refractivity contribution in [3.63, 3.8) is 0 Å². The molecule has 0 spiro atoms. The van der Waals surface area contributed by atoms with Gasteiger partial charge >= 0.3 is 0 Å². The van der Waals surface area contributed by atoms with Crippen LogP contribution >= 0.6 is 11.6 Å². The molecule has 0 aromatic heterocycles. The first-order valence-electron chi connectivity index (χ1n) is 14.3. The van der Waals surface area contributed by atoms with Gasteiger partial charge in [-0.3, -0.25) is 19.2 Å². The van der Waals surface area contributed by atoms with Crippen LogP contribution in [0.15, 0.2) is 42.5 Å². The topological polar surface area (TPSA) is 125 Å². The lowest BCUT2D eigenvalue weighted by Crippen LogP contribution is -2.56. The standard InChI is InChI=1S/C31H40ClN5O4/c1-19-14-24(8-9-25(19)32)34-30(40)26(12-13-33)35-31(41)27-15-22-6-4-5-7-23(22)18-37(27)29(39)11-10-28(38)36-16-20(2)21(3)17-36/h4-9,14,20-21,26-27H,10-13,15-18,33H2,1-3H3,(H,34,40)(H,35,41)/t20?,21?,26-,27-/m0/s1. The van der Waals surface area contributed by atoms with Gasteiger partial charge in [0.1, 0.15) is 12.1 Å². The Kier molecular flexibility index (Phi) is 10.0. The zero-order chi connectivity index (χ0) is 29.7. The van der Waals surface area contributed by atoms with E-state index in [4.69, 9.17) is 17.3 Å². The van der Waals surface area contributed by atoms with E-state index in [2.05, 4.69) is 24.5 Å². The van der Waals surface area contributed by atoms with Crippen LogP contribution in [0.25, 0.3) is 0 Å². The lowest BCUT2D eigenvalue weighted by atomic mass is 9.92. The molecule has 2 aliphatic rings. The Morgan fingerprint density at radius 1 is 1.00 bits per heavy atom. The number of aryl methyl sites for hydroxylation is 1. The molecule has 2 heterocycles. The second kappa shape index (κ2) is 13.5. The summed E-state index contributed by atoms with van der Waals surface area (Å²) in [4.78, 5) is 56.5. The Labute approximate surface area is 246 Å². The van der Waals surface area contributed by atoms with Crippen LogP contribution in [0.1, 0.15) is 49.8 Å². The van der Waals surface area contributed by atoms with Crippen molar-refractivity contribution < 1.29 is 19.2 Å². The van der Waals surface area contributed by atoms with Gasteiger partial charge in [-0.25, -0.2) is 0 Å². The fourth-order valence-corrected chi connectivity index (χ4v) is 5.64. The normalized spacial score (nSPS) is 20.8. The molecule has 41 heavy (non-hydrogen) atoms. The van der Waals surface area contributed by atoms with Crippen LogP contribution in [0.3, 0.4) is 0 Å². The molecule has 9 nitrogen and oxygen atoms in total. The number of likely N-dealkylation sites (tertiary alicyclic amines) is 1. The Balaban J connectivity index is 1.46. The number of carbonyl (C=O) groups excluding carboxylic acids is 4. The number of nitrogens with zero attached hydrogens (tertiary/aromatic N) is 2. The second-order valence-electron chi connectivity index (χ2n) is 11.4. The van der Waals surface area contributed by atoms with Gasteiger partial charge in [-0.05, 0) is 66.6 Å². The van der Waals surface area contributed by atoms with E-state index < -0.39 is 23.9 Å². The smallest absolute Gasteiger partial charge is 0.246 e. The number of hydrogen-bond acceptors (Lipinski definition) is 5. The van der Waals surface area contributed by atoms with Crippen molar-refractivity contribution in [3.05, 3.63) is 64.2 Å². The van der Waals surface area contributed by atoms with Gasteiger partial charge in [0.2, 0.25) is 23.6 Å². The van der Waals surface area contributed by atoms with Crippen LogP contribution in [-0.2, 0) is 32.1 Å². The van der Waals surface area contributed by atoms with Crippen LogP contribution in [-0.4, -0.2) is 65.1 Å². The fraction of sp³-hybridized carbons (Fsp3) is 0.484. The van der Waals surface area contributed by atoms with Gasteiger partial charge in [0.05, 0.1) is 0 Å². The molecule has 1 saturated heterocycles. The van der Waals surface area contributed by atoms with Gasteiger partial charge in [0.15, 0.2) is 0 Å². The highest BCUT2D eigenvalue weighted by molar-refractivity contribution is 6.31. The minimum Gasteiger partial charge on any atom is -0.342 e. The molecule has 0 saturated carbocycles. The van der Waals surface area contributed by atoms with E-state index in [1.807, 2.05) is 36.1 Å². The predicted molar refractivity (Wildman–Crippen MR) is 159 cm³/mol. The number of amides is 4. The third-order valence-corrected chi connectivity index (χ3v) is 8.70. The zero-order valence-electron chi connectivity index (χ0n) is 24.0. The molecule has 10 heteroatoms. The number of hydrogen-bond donors (Lipinski definition) is 3. The summed E-state index contributed by atoms with van der Waals surface area (Å²) in [5, 5.41) is 6.26. The highest BCUT2D eigenvalue weighted by atomic mass is 35.5. The zero-order valence-corrected chi connectivity index (χ0v) is 24.7. The van der Waals surface area contributed by atoms with Gasteiger partial charge < -0.3 is 26.2 Å². The molecule has 4 rings (SSSR count). The average molecular weight is 582 g/mol. The lowest BCUT2D eigenvalue weighted by molar-refractivity contribution is -0.144. The van der Waals surface area contributed by atoms with Crippen molar-refractivity contribution in [2.45, 2.75) is 65.1 Å². The molecule has 0 radical (unpaired) electrons. The summed E-state index contributed by atoms with van der Waals surface area (Å²) >= 11 is 6.10. The maximum absolute atomic E-state index is 13.7. The number of nitrogens with two attached hydrogens (primary N) is 1. The minimum atomic E-state index is -0.890. The lowest BCUT2D eigenvalue weighted by Gasteiger charge is -2.37. The third kappa shape index (κ3) is 7.45. The molecule has 2 aliphatic heterocycles. The van der Waals surface area contributed by atoms with Crippen LogP contribution < -0.4 is 16.4 Å². The van der Waals surface area contributed by atoms with Crippen molar-refractivity contribution in [1.29, 1.82) is 0 Å². The Morgan fingerprint density at radius 3 is 2.32 bits per heavy atom.